The summed E-state index contributed by atoms with van der Waals surface area (Å²) in [4.78, 5) is 28.2. The number of benzene rings is 3. The minimum absolute atomic E-state index is 0.0821. The van der Waals surface area contributed by atoms with Gasteiger partial charge in [-0.25, -0.2) is 8.42 Å². The van der Waals surface area contributed by atoms with Crippen molar-refractivity contribution in [3.05, 3.63) is 72.3 Å². The van der Waals surface area contributed by atoms with E-state index in [1.165, 1.54) is 57.6 Å². The van der Waals surface area contributed by atoms with Crippen LogP contribution in [-0.2, 0) is 26.0 Å². The van der Waals surface area contributed by atoms with Gasteiger partial charge in [-0.3, -0.25) is 13.9 Å². The second-order valence-corrected chi connectivity index (χ2v) is 11.3. The third kappa shape index (κ3) is 7.89. The van der Waals surface area contributed by atoms with E-state index in [9.17, 15) is 18.0 Å². The Balaban J connectivity index is 2.12. The summed E-state index contributed by atoms with van der Waals surface area (Å²) in [5, 5.41) is 2.75. The number of ether oxygens (including phenoxy) is 4. The third-order valence-corrected chi connectivity index (χ3v) is 8.63. The Morgan fingerprint density at radius 2 is 1.49 bits per heavy atom. The molecule has 0 radical (unpaired) electrons. The molecule has 2 amide bonds. The lowest BCUT2D eigenvalue weighted by Gasteiger charge is -2.32. The van der Waals surface area contributed by atoms with Crippen molar-refractivity contribution in [3.63, 3.8) is 0 Å². The Kier molecular flexibility index (Phi) is 11.6. The molecule has 12 heteroatoms. The highest BCUT2D eigenvalue weighted by Gasteiger charge is 2.34. The number of nitrogens with one attached hydrogen (secondary N) is 1. The zero-order valence-electron chi connectivity index (χ0n) is 25.3. The smallest absolute Gasteiger partial charge is 0.265 e. The van der Waals surface area contributed by atoms with Crippen molar-refractivity contribution in [2.24, 2.45) is 0 Å². The standard InChI is InChI=1S/C31H39N3O8S/c1-7-32-31(36)22(2)33(18-17-23-11-9-8-10-12-23)30(35)21-34(26-19-24(39-3)13-15-27(26)40-4)43(37,38)25-14-16-28(41-5)29(20-25)42-6/h8-16,19-20,22H,7,17-18,21H2,1-6H3,(H,32,36). The molecule has 3 aromatic carbocycles. The van der Waals surface area contributed by atoms with Gasteiger partial charge in [0.2, 0.25) is 11.8 Å². The van der Waals surface area contributed by atoms with Crippen molar-refractivity contribution in [3.8, 4) is 23.0 Å². The summed E-state index contributed by atoms with van der Waals surface area (Å²) in [6.07, 6.45) is 0.460. The van der Waals surface area contributed by atoms with E-state index in [1.54, 1.807) is 26.0 Å². The number of hydrogen-bond acceptors (Lipinski definition) is 8. The highest BCUT2D eigenvalue weighted by Crippen LogP contribution is 2.37. The molecule has 3 rings (SSSR count). The first-order valence-electron chi connectivity index (χ1n) is 13.7. The minimum Gasteiger partial charge on any atom is -0.497 e. The summed E-state index contributed by atoms with van der Waals surface area (Å²) < 4.78 is 51.0. The highest BCUT2D eigenvalue weighted by molar-refractivity contribution is 7.92. The average Bonchev–Trinajstić information content (AvgIpc) is 3.03. The van der Waals surface area contributed by atoms with Gasteiger partial charge in [-0.2, -0.15) is 0 Å². The van der Waals surface area contributed by atoms with E-state index in [0.29, 0.717) is 24.5 Å². The average molecular weight is 614 g/mol. The van der Waals surface area contributed by atoms with Crippen LogP contribution in [0.5, 0.6) is 23.0 Å². The Bertz CT molecular complexity index is 1500. The Morgan fingerprint density at radius 3 is 2.09 bits per heavy atom. The van der Waals surface area contributed by atoms with Crippen LogP contribution in [0.25, 0.3) is 0 Å². The number of carbonyl (C=O) groups is 2. The van der Waals surface area contributed by atoms with E-state index < -0.39 is 28.5 Å². The van der Waals surface area contributed by atoms with E-state index in [2.05, 4.69) is 5.32 Å². The predicted octanol–water partition coefficient (Wildman–Crippen LogP) is 3.51. The number of likely N-dealkylation sites (N-methyl/N-ethyl adjacent to an activating group) is 1. The van der Waals surface area contributed by atoms with Gasteiger partial charge in [0.1, 0.15) is 24.1 Å². The van der Waals surface area contributed by atoms with Gasteiger partial charge < -0.3 is 29.2 Å². The first kappa shape index (κ1) is 33.1. The number of nitrogens with zero attached hydrogens (tertiary/aromatic N) is 2. The van der Waals surface area contributed by atoms with Crippen LogP contribution < -0.4 is 28.6 Å². The number of methoxy groups -OCH3 is 4. The first-order chi connectivity index (χ1) is 20.6. The van der Waals surface area contributed by atoms with Crippen molar-refractivity contribution >= 4 is 27.5 Å². The molecule has 1 atom stereocenters. The molecule has 0 saturated heterocycles. The second-order valence-electron chi connectivity index (χ2n) is 9.46. The molecule has 1 unspecified atom stereocenters. The number of hydrogen-bond donors (Lipinski definition) is 1. The van der Waals surface area contributed by atoms with E-state index in [-0.39, 0.29) is 34.5 Å². The molecule has 0 saturated carbocycles. The van der Waals surface area contributed by atoms with Gasteiger partial charge in [-0.05, 0) is 50.1 Å². The molecule has 232 valence electrons. The minimum atomic E-state index is -4.41. The van der Waals surface area contributed by atoms with Crippen LogP contribution >= 0.6 is 0 Å². The molecule has 0 aromatic heterocycles. The molecule has 3 aromatic rings. The number of sulfonamides is 1. The van der Waals surface area contributed by atoms with Crippen LogP contribution in [0.2, 0.25) is 0 Å². The summed E-state index contributed by atoms with van der Waals surface area (Å²) in [6.45, 7) is 3.34. The molecular formula is C31H39N3O8S. The molecule has 0 bridgehead atoms. The van der Waals surface area contributed by atoms with Gasteiger partial charge in [0.15, 0.2) is 11.5 Å². The summed E-state index contributed by atoms with van der Waals surface area (Å²) >= 11 is 0. The number of anilines is 1. The van der Waals surface area contributed by atoms with E-state index in [4.69, 9.17) is 18.9 Å². The van der Waals surface area contributed by atoms with Crippen LogP contribution in [0.4, 0.5) is 5.69 Å². The molecule has 43 heavy (non-hydrogen) atoms. The number of rotatable bonds is 15. The normalized spacial score (nSPS) is 11.7. The maximum Gasteiger partial charge on any atom is 0.265 e. The molecule has 0 aliphatic rings. The van der Waals surface area contributed by atoms with Crippen molar-refractivity contribution in [1.82, 2.24) is 10.2 Å². The van der Waals surface area contributed by atoms with Gasteiger partial charge in [0, 0.05) is 25.2 Å². The van der Waals surface area contributed by atoms with Crippen molar-refractivity contribution < 1.29 is 37.0 Å². The maximum atomic E-state index is 14.3. The molecular weight excluding hydrogens is 574 g/mol. The molecule has 0 spiro atoms. The lowest BCUT2D eigenvalue weighted by atomic mass is 10.1. The first-order valence-corrected chi connectivity index (χ1v) is 15.1. The highest BCUT2D eigenvalue weighted by atomic mass is 32.2. The van der Waals surface area contributed by atoms with Gasteiger partial charge >= 0.3 is 0 Å². The lowest BCUT2D eigenvalue weighted by molar-refractivity contribution is -0.138. The zero-order valence-corrected chi connectivity index (χ0v) is 26.1. The number of carbonyl (C=O) groups excluding carboxylic acids is 2. The molecule has 1 N–H and O–H groups in total. The topological polar surface area (TPSA) is 124 Å². The summed E-state index contributed by atoms with van der Waals surface area (Å²) in [7, 11) is 1.28. The van der Waals surface area contributed by atoms with Crippen LogP contribution in [0.1, 0.15) is 19.4 Å². The van der Waals surface area contributed by atoms with Crippen LogP contribution in [-0.4, -0.2) is 79.2 Å². The fourth-order valence-electron chi connectivity index (χ4n) is 4.50. The molecule has 0 aliphatic carbocycles. The Morgan fingerprint density at radius 1 is 0.837 bits per heavy atom. The zero-order chi connectivity index (χ0) is 31.6. The van der Waals surface area contributed by atoms with Crippen LogP contribution in [0, 0.1) is 0 Å². The van der Waals surface area contributed by atoms with Crippen molar-refractivity contribution in [2.45, 2.75) is 31.2 Å². The van der Waals surface area contributed by atoms with Crippen LogP contribution in [0.15, 0.2) is 71.6 Å². The molecule has 0 fully saturated rings. The van der Waals surface area contributed by atoms with Gasteiger partial charge in [-0.15, -0.1) is 0 Å². The van der Waals surface area contributed by atoms with Gasteiger partial charge in [0.05, 0.1) is 39.0 Å². The molecule has 11 nitrogen and oxygen atoms in total. The Labute approximate surface area is 253 Å². The summed E-state index contributed by atoms with van der Waals surface area (Å²) in [5.74, 6) is 0.158. The maximum absolute atomic E-state index is 14.3. The van der Waals surface area contributed by atoms with Crippen molar-refractivity contribution in [1.29, 1.82) is 0 Å². The van der Waals surface area contributed by atoms with Crippen LogP contribution in [0.3, 0.4) is 0 Å². The van der Waals surface area contributed by atoms with Crippen molar-refractivity contribution in [2.75, 3.05) is 52.4 Å². The van der Waals surface area contributed by atoms with E-state index in [0.717, 1.165) is 9.87 Å². The predicted molar refractivity (Wildman–Crippen MR) is 164 cm³/mol. The number of amides is 2. The SMILES string of the molecule is CCNC(=O)C(C)N(CCc1ccccc1)C(=O)CN(c1cc(OC)ccc1OC)S(=O)(=O)c1ccc(OC)c(OC)c1. The monoisotopic (exact) mass is 613 g/mol. The molecule has 0 heterocycles. The van der Waals surface area contributed by atoms with E-state index in [1.807, 2.05) is 30.3 Å². The van der Waals surface area contributed by atoms with Gasteiger partial charge in [0.25, 0.3) is 10.0 Å². The lowest BCUT2D eigenvalue weighted by Crippen LogP contribution is -2.52. The summed E-state index contributed by atoms with van der Waals surface area (Å²) in [5.41, 5.74) is 1.05. The van der Waals surface area contributed by atoms with Gasteiger partial charge in [-0.1, -0.05) is 30.3 Å². The molecule has 0 aliphatic heterocycles. The fraction of sp³-hybridized carbons (Fsp3) is 0.355. The van der Waals surface area contributed by atoms with E-state index >= 15 is 0 Å². The second kappa shape index (κ2) is 15.1. The summed E-state index contributed by atoms with van der Waals surface area (Å²) in [6, 6.07) is 17.5. The third-order valence-electron chi connectivity index (χ3n) is 6.88. The Hall–Kier alpha value is -4.45. The quantitative estimate of drug-likeness (QED) is 0.276. The largest absolute Gasteiger partial charge is 0.497 e. The fourth-order valence-corrected chi connectivity index (χ4v) is 5.93.